The smallest absolute Gasteiger partial charge is 0.266 e. The van der Waals surface area contributed by atoms with Crippen molar-refractivity contribution in [3.63, 3.8) is 0 Å². The Balaban J connectivity index is 2.28. The summed E-state index contributed by atoms with van der Waals surface area (Å²) < 4.78 is 11.1. The number of amides is 1. The highest BCUT2D eigenvalue weighted by atomic mass is 35.5. The molecule has 0 aromatic heterocycles. The molecule has 7 heteroatoms. The maximum atomic E-state index is 12.5. The third kappa shape index (κ3) is 5.53. The zero-order chi connectivity index (χ0) is 20.5. The molecule has 0 saturated heterocycles. The third-order valence-corrected chi connectivity index (χ3v) is 4.32. The highest BCUT2D eigenvalue weighted by molar-refractivity contribution is 6.44. The van der Waals surface area contributed by atoms with Gasteiger partial charge in [-0.05, 0) is 42.8 Å². The summed E-state index contributed by atoms with van der Waals surface area (Å²) in [5.74, 6) is 0.456. The minimum absolute atomic E-state index is 0.0988. The number of anilines is 1. The number of hydrogen-bond acceptors (Lipinski definition) is 4. The molecule has 0 aliphatic rings. The summed E-state index contributed by atoms with van der Waals surface area (Å²) in [4.78, 5) is 12.5. The van der Waals surface area contributed by atoms with Crippen molar-refractivity contribution in [1.82, 2.24) is 0 Å². The molecule has 0 aliphatic heterocycles. The van der Waals surface area contributed by atoms with Crippen molar-refractivity contribution < 1.29 is 14.3 Å². The summed E-state index contributed by atoms with van der Waals surface area (Å²) in [7, 11) is 0. The van der Waals surface area contributed by atoms with E-state index in [0.717, 1.165) is 0 Å². The summed E-state index contributed by atoms with van der Waals surface area (Å²) in [6.07, 6.45) is 3.08. The predicted octanol–water partition coefficient (Wildman–Crippen LogP) is 5.50. The van der Waals surface area contributed by atoms with Crippen LogP contribution in [0.1, 0.15) is 12.5 Å². The second kappa shape index (κ2) is 10.4. The van der Waals surface area contributed by atoms with Gasteiger partial charge in [-0.2, -0.15) is 5.26 Å². The van der Waals surface area contributed by atoms with Crippen LogP contribution in [0.4, 0.5) is 5.69 Å². The Morgan fingerprint density at radius 3 is 2.71 bits per heavy atom. The van der Waals surface area contributed by atoms with Crippen LogP contribution in [0.3, 0.4) is 0 Å². The molecule has 2 aromatic rings. The molecule has 0 fully saturated rings. The summed E-state index contributed by atoms with van der Waals surface area (Å²) in [6, 6.07) is 11.9. The maximum Gasteiger partial charge on any atom is 0.266 e. The van der Waals surface area contributed by atoms with E-state index in [1.54, 1.807) is 42.5 Å². The second-order valence-electron chi connectivity index (χ2n) is 5.46. The lowest BCUT2D eigenvalue weighted by Crippen LogP contribution is -2.13. The van der Waals surface area contributed by atoms with Crippen molar-refractivity contribution in [1.29, 1.82) is 5.26 Å². The van der Waals surface area contributed by atoms with Crippen LogP contribution in [0.25, 0.3) is 6.08 Å². The number of carbonyl (C=O) groups is 1. The molecule has 0 unspecified atom stereocenters. The van der Waals surface area contributed by atoms with Gasteiger partial charge in [0, 0.05) is 0 Å². The van der Waals surface area contributed by atoms with Crippen LogP contribution < -0.4 is 14.8 Å². The molecule has 0 heterocycles. The van der Waals surface area contributed by atoms with Crippen molar-refractivity contribution in [2.75, 3.05) is 18.5 Å². The Morgan fingerprint density at radius 2 is 2.04 bits per heavy atom. The van der Waals surface area contributed by atoms with Crippen LogP contribution in [0.2, 0.25) is 10.0 Å². The molecule has 0 bridgehead atoms. The maximum absolute atomic E-state index is 12.5. The first-order chi connectivity index (χ1) is 13.5. The Morgan fingerprint density at radius 1 is 1.25 bits per heavy atom. The van der Waals surface area contributed by atoms with Gasteiger partial charge in [-0.3, -0.25) is 4.79 Å². The molecule has 5 nitrogen and oxygen atoms in total. The molecule has 0 radical (unpaired) electrons. The average molecular weight is 417 g/mol. The van der Waals surface area contributed by atoms with Gasteiger partial charge in [0.05, 0.1) is 22.3 Å². The predicted molar refractivity (Wildman–Crippen MR) is 112 cm³/mol. The topological polar surface area (TPSA) is 71.3 Å². The lowest BCUT2D eigenvalue weighted by molar-refractivity contribution is -0.112. The number of ether oxygens (including phenoxy) is 2. The largest absolute Gasteiger partial charge is 0.490 e. The summed E-state index contributed by atoms with van der Waals surface area (Å²) >= 11 is 12.0. The van der Waals surface area contributed by atoms with Gasteiger partial charge in [-0.15, -0.1) is 0 Å². The molecular weight excluding hydrogens is 399 g/mol. The number of halogens is 2. The number of rotatable bonds is 8. The Labute approximate surface area is 173 Å². The van der Waals surface area contributed by atoms with Crippen molar-refractivity contribution in [3.8, 4) is 17.6 Å². The van der Waals surface area contributed by atoms with Crippen LogP contribution >= 0.6 is 23.2 Å². The van der Waals surface area contributed by atoms with Crippen molar-refractivity contribution in [3.05, 3.63) is 70.2 Å². The molecule has 0 aliphatic carbocycles. The van der Waals surface area contributed by atoms with E-state index in [4.69, 9.17) is 32.7 Å². The number of nitrogens with zero attached hydrogens (tertiary/aromatic N) is 1. The first kappa shape index (κ1) is 21.4. The van der Waals surface area contributed by atoms with E-state index in [2.05, 4.69) is 11.9 Å². The Kier molecular flexibility index (Phi) is 7.94. The minimum atomic E-state index is -0.600. The summed E-state index contributed by atoms with van der Waals surface area (Å²) in [6.45, 7) is 6.24. The van der Waals surface area contributed by atoms with Crippen LogP contribution in [0.15, 0.2) is 54.6 Å². The van der Waals surface area contributed by atoms with Gasteiger partial charge in [0.25, 0.3) is 5.91 Å². The van der Waals surface area contributed by atoms with Crippen molar-refractivity contribution in [2.24, 2.45) is 0 Å². The lowest BCUT2D eigenvalue weighted by Gasteiger charge is -2.12. The standard InChI is InChI=1S/C21H18Cl2N2O3/c1-3-10-28-18-9-8-14(12-19(18)27-4-2)11-15(13-24)21(26)25-17-7-5-6-16(22)20(17)23/h3,5-9,11-12H,1,4,10H2,2H3,(H,25,26)/b15-11-. The average Bonchev–Trinajstić information content (AvgIpc) is 2.69. The van der Waals surface area contributed by atoms with E-state index >= 15 is 0 Å². The number of hydrogen-bond donors (Lipinski definition) is 1. The van der Waals surface area contributed by atoms with Crippen LogP contribution in [0, 0.1) is 11.3 Å². The molecule has 0 spiro atoms. The zero-order valence-corrected chi connectivity index (χ0v) is 16.7. The number of nitriles is 1. The van der Waals surface area contributed by atoms with Crippen molar-refractivity contribution >= 4 is 40.9 Å². The van der Waals surface area contributed by atoms with E-state index in [1.807, 2.05) is 13.0 Å². The molecule has 144 valence electrons. The van der Waals surface area contributed by atoms with E-state index < -0.39 is 5.91 Å². The third-order valence-electron chi connectivity index (χ3n) is 3.50. The lowest BCUT2D eigenvalue weighted by atomic mass is 10.1. The highest BCUT2D eigenvalue weighted by Gasteiger charge is 2.13. The molecule has 2 aromatic carbocycles. The number of nitrogens with one attached hydrogen (secondary N) is 1. The van der Waals surface area contributed by atoms with E-state index in [-0.39, 0.29) is 10.6 Å². The number of carbonyl (C=O) groups excluding carboxylic acids is 1. The van der Waals surface area contributed by atoms with Gasteiger partial charge in [0.2, 0.25) is 0 Å². The quantitative estimate of drug-likeness (QED) is 0.350. The SMILES string of the molecule is C=CCOc1ccc(/C=C(/C#N)C(=O)Nc2cccc(Cl)c2Cl)cc1OCC. The van der Waals surface area contributed by atoms with Gasteiger partial charge < -0.3 is 14.8 Å². The van der Waals surface area contributed by atoms with Gasteiger partial charge in [0.15, 0.2) is 11.5 Å². The first-order valence-corrected chi connectivity index (χ1v) is 9.13. The fourth-order valence-electron chi connectivity index (χ4n) is 2.26. The van der Waals surface area contributed by atoms with E-state index in [0.29, 0.717) is 41.0 Å². The molecule has 28 heavy (non-hydrogen) atoms. The summed E-state index contributed by atoms with van der Waals surface area (Å²) in [5, 5.41) is 12.5. The first-order valence-electron chi connectivity index (χ1n) is 8.37. The molecule has 0 saturated carbocycles. The highest BCUT2D eigenvalue weighted by Crippen LogP contribution is 2.31. The molecule has 1 amide bonds. The van der Waals surface area contributed by atoms with Crippen LogP contribution in [-0.4, -0.2) is 19.1 Å². The molecule has 1 N–H and O–H groups in total. The van der Waals surface area contributed by atoms with Gasteiger partial charge in [-0.1, -0.05) is 48.0 Å². The monoisotopic (exact) mass is 416 g/mol. The molecule has 0 atom stereocenters. The van der Waals surface area contributed by atoms with Crippen LogP contribution in [0.5, 0.6) is 11.5 Å². The number of benzene rings is 2. The van der Waals surface area contributed by atoms with Gasteiger partial charge in [-0.25, -0.2) is 0 Å². The Bertz CT molecular complexity index is 949. The van der Waals surface area contributed by atoms with Gasteiger partial charge in [0.1, 0.15) is 18.2 Å². The fourth-order valence-corrected chi connectivity index (χ4v) is 2.60. The summed E-state index contributed by atoms with van der Waals surface area (Å²) in [5.41, 5.74) is 0.833. The minimum Gasteiger partial charge on any atom is -0.490 e. The van der Waals surface area contributed by atoms with E-state index in [1.165, 1.54) is 6.08 Å². The van der Waals surface area contributed by atoms with E-state index in [9.17, 15) is 10.1 Å². The van der Waals surface area contributed by atoms with Crippen LogP contribution in [-0.2, 0) is 4.79 Å². The normalized spacial score (nSPS) is 10.7. The Hall–Kier alpha value is -2.94. The molecule has 2 rings (SSSR count). The zero-order valence-electron chi connectivity index (χ0n) is 15.2. The fraction of sp³-hybridized carbons (Fsp3) is 0.143. The second-order valence-corrected chi connectivity index (χ2v) is 6.25. The van der Waals surface area contributed by atoms with Gasteiger partial charge >= 0.3 is 0 Å². The van der Waals surface area contributed by atoms with Crippen molar-refractivity contribution in [2.45, 2.75) is 6.92 Å². The molecular formula is C21H18Cl2N2O3.